The summed E-state index contributed by atoms with van der Waals surface area (Å²) in [5.74, 6) is 3.16. The van der Waals surface area contributed by atoms with Gasteiger partial charge in [0.15, 0.2) is 0 Å². The molecule has 0 aliphatic heterocycles. The van der Waals surface area contributed by atoms with E-state index in [-0.39, 0.29) is 0 Å². The lowest BCUT2D eigenvalue weighted by Gasteiger charge is -2.21. The fourth-order valence-corrected chi connectivity index (χ4v) is 4.67. The lowest BCUT2D eigenvalue weighted by atomic mass is 9.89. The monoisotopic (exact) mass is 344 g/mol. The zero-order chi connectivity index (χ0) is 17.8. The molecule has 0 spiro atoms. The summed E-state index contributed by atoms with van der Waals surface area (Å²) >= 11 is 0. The van der Waals surface area contributed by atoms with Crippen molar-refractivity contribution in [2.75, 3.05) is 0 Å². The minimum absolute atomic E-state index is 1.10. The van der Waals surface area contributed by atoms with Crippen LogP contribution in [-0.2, 0) is 0 Å². The Morgan fingerprint density at radius 3 is 2.15 bits per heavy atom. The minimum atomic E-state index is 1.10. The van der Waals surface area contributed by atoms with Gasteiger partial charge >= 0.3 is 0 Å². The number of benzene rings is 4. The molecule has 0 saturated heterocycles. The summed E-state index contributed by atoms with van der Waals surface area (Å²) < 4.78 is 0. The highest BCUT2D eigenvalue weighted by Gasteiger charge is 2.28. The van der Waals surface area contributed by atoms with Gasteiger partial charge in [-0.25, -0.2) is 0 Å². The Bertz CT molecular complexity index is 1080. The summed E-state index contributed by atoms with van der Waals surface area (Å²) in [6, 6.07) is 31.9. The molecule has 0 unspecified atom stereocenters. The normalized spacial score (nSPS) is 14.8. The largest absolute Gasteiger partial charge is 0.187 e. The summed E-state index contributed by atoms with van der Waals surface area (Å²) in [5.41, 5.74) is 8.05. The Morgan fingerprint density at radius 2 is 1.33 bits per heavy atom. The highest BCUT2D eigenvalue weighted by molar-refractivity contribution is 5.91. The average Bonchev–Trinajstić information content (AvgIpc) is 3.23. The van der Waals surface area contributed by atoms with Gasteiger partial charge in [-0.05, 0) is 52.6 Å². The first kappa shape index (κ1) is 15.0. The third-order valence-corrected chi connectivity index (χ3v) is 6.20. The lowest BCUT2D eigenvalue weighted by molar-refractivity contribution is 0.942. The van der Waals surface area contributed by atoms with E-state index in [1.54, 1.807) is 11.8 Å². The summed E-state index contributed by atoms with van der Waals surface area (Å²) in [6.07, 6.45) is 3.46. The predicted molar refractivity (Wildman–Crippen MR) is 113 cm³/mol. The SMILES string of the molecule is c1cc2cc(c1)[C+]1CC[C-](C1)c1cccc(c1)-c1ccc3ccc-2cc3c1. The molecule has 0 atom stereocenters. The molecule has 2 aliphatic rings. The molecule has 4 aromatic rings. The van der Waals surface area contributed by atoms with Crippen LogP contribution in [-0.4, -0.2) is 0 Å². The van der Waals surface area contributed by atoms with Gasteiger partial charge in [0.1, 0.15) is 5.56 Å². The topological polar surface area (TPSA) is 0 Å². The second-order valence-corrected chi connectivity index (χ2v) is 7.82. The van der Waals surface area contributed by atoms with Gasteiger partial charge < -0.3 is 0 Å². The van der Waals surface area contributed by atoms with Crippen molar-refractivity contribution in [1.29, 1.82) is 0 Å². The van der Waals surface area contributed by atoms with E-state index in [4.69, 9.17) is 0 Å². The highest BCUT2D eigenvalue weighted by Crippen LogP contribution is 2.44. The molecule has 0 amide bonds. The van der Waals surface area contributed by atoms with Crippen molar-refractivity contribution in [2.24, 2.45) is 0 Å². The van der Waals surface area contributed by atoms with Crippen molar-refractivity contribution in [3.63, 3.8) is 0 Å². The number of rotatable bonds is 0. The molecule has 2 aliphatic carbocycles. The van der Waals surface area contributed by atoms with E-state index < -0.39 is 0 Å². The molecule has 4 aromatic carbocycles. The molecule has 0 heteroatoms. The fraction of sp³-hybridized carbons (Fsp3) is 0.111. The van der Waals surface area contributed by atoms with Crippen LogP contribution in [0.4, 0.5) is 0 Å². The fourth-order valence-electron chi connectivity index (χ4n) is 4.67. The van der Waals surface area contributed by atoms with E-state index in [0.717, 1.165) is 6.42 Å². The predicted octanol–water partition coefficient (Wildman–Crippen LogP) is 7.22. The molecule has 1 saturated carbocycles. The van der Waals surface area contributed by atoms with Gasteiger partial charge in [-0.1, -0.05) is 42.3 Å². The Kier molecular flexibility index (Phi) is 3.16. The van der Waals surface area contributed by atoms with Gasteiger partial charge in [-0.3, -0.25) is 0 Å². The van der Waals surface area contributed by atoms with Crippen molar-refractivity contribution in [1.82, 2.24) is 0 Å². The van der Waals surface area contributed by atoms with Crippen molar-refractivity contribution < 1.29 is 0 Å². The molecule has 0 nitrogen and oxygen atoms in total. The number of hydrogen-bond donors (Lipinski definition) is 0. The van der Waals surface area contributed by atoms with Crippen LogP contribution in [0.3, 0.4) is 0 Å². The van der Waals surface area contributed by atoms with Crippen LogP contribution < -0.4 is 0 Å². The molecule has 0 radical (unpaired) electrons. The highest BCUT2D eigenvalue weighted by atomic mass is 14.3. The average molecular weight is 344 g/mol. The van der Waals surface area contributed by atoms with Gasteiger partial charge in [-0.15, -0.1) is 6.07 Å². The van der Waals surface area contributed by atoms with Crippen molar-refractivity contribution in [3.05, 3.63) is 108 Å². The summed E-state index contributed by atoms with van der Waals surface area (Å²) in [6.45, 7) is 0. The van der Waals surface area contributed by atoms with Crippen LogP contribution in [0.1, 0.15) is 30.4 Å². The van der Waals surface area contributed by atoms with Crippen LogP contribution in [0.25, 0.3) is 33.0 Å². The molecule has 6 rings (SSSR count). The van der Waals surface area contributed by atoms with Crippen LogP contribution in [0.5, 0.6) is 0 Å². The first-order valence-corrected chi connectivity index (χ1v) is 9.78. The molecular formula is C27H20. The summed E-state index contributed by atoms with van der Waals surface area (Å²) in [5, 5.41) is 2.60. The van der Waals surface area contributed by atoms with E-state index in [2.05, 4.69) is 84.9 Å². The maximum atomic E-state index is 2.38. The maximum Gasteiger partial charge on any atom is 0.132 e. The van der Waals surface area contributed by atoms with Gasteiger partial charge in [0.2, 0.25) is 0 Å². The molecular weight excluding hydrogens is 324 g/mol. The van der Waals surface area contributed by atoms with E-state index in [0.29, 0.717) is 0 Å². The lowest BCUT2D eigenvalue weighted by Crippen LogP contribution is -1.98. The molecule has 0 aromatic heterocycles. The molecule has 9 bridgehead atoms. The van der Waals surface area contributed by atoms with Crippen LogP contribution in [0.15, 0.2) is 84.9 Å². The second kappa shape index (κ2) is 5.69. The van der Waals surface area contributed by atoms with Crippen molar-refractivity contribution >= 4 is 10.8 Å². The maximum absolute atomic E-state index is 2.38. The van der Waals surface area contributed by atoms with Crippen molar-refractivity contribution in [3.8, 4) is 22.3 Å². The zero-order valence-electron chi connectivity index (χ0n) is 15.2. The Hall–Kier alpha value is -3.12. The smallest absolute Gasteiger partial charge is 0.132 e. The first-order chi connectivity index (χ1) is 13.3. The van der Waals surface area contributed by atoms with Crippen LogP contribution >= 0.6 is 0 Å². The third kappa shape index (κ3) is 2.44. The second-order valence-electron chi connectivity index (χ2n) is 7.82. The van der Waals surface area contributed by atoms with Crippen LogP contribution in [0.2, 0.25) is 0 Å². The third-order valence-electron chi connectivity index (χ3n) is 6.20. The van der Waals surface area contributed by atoms with Crippen molar-refractivity contribution in [2.45, 2.75) is 19.3 Å². The standard InChI is InChI=1S/C27H20/c1-3-19-13-21(5-1)25-9-7-18-8-10-26(17-27(18)16-25)22-6-2-4-20(14-22)24-12-11-23(19)15-24/h1-10,13-14,16-17H,11-12,15H2. The Morgan fingerprint density at radius 1 is 0.630 bits per heavy atom. The Balaban J connectivity index is 1.65. The van der Waals surface area contributed by atoms with E-state index in [1.165, 1.54) is 57.0 Å². The molecule has 0 heterocycles. The minimum Gasteiger partial charge on any atom is -0.187 e. The summed E-state index contributed by atoms with van der Waals surface area (Å²) in [4.78, 5) is 0. The molecule has 128 valence electrons. The molecule has 27 heavy (non-hydrogen) atoms. The zero-order valence-corrected chi connectivity index (χ0v) is 15.2. The van der Waals surface area contributed by atoms with Gasteiger partial charge in [0.05, 0.1) is 6.07 Å². The van der Waals surface area contributed by atoms with E-state index >= 15 is 0 Å². The molecule has 0 N–H and O–H groups in total. The van der Waals surface area contributed by atoms with Gasteiger partial charge in [0.25, 0.3) is 0 Å². The first-order valence-electron chi connectivity index (χ1n) is 9.78. The summed E-state index contributed by atoms with van der Waals surface area (Å²) in [7, 11) is 0. The number of fused-ring (bicyclic) bond motifs is 12. The quantitative estimate of drug-likeness (QED) is 0.295. The van der Waals surface area contributed by atoms with E-state index in [1.807, 2.05) is 0 Å². The van der Waals surface area contributed by atoms with Crippen LogP contribution in [0, 0.1) is 11.8 Å². The Labute approximate surface area is 160 Å². The molecule has 1 fully saturated rings. The van der Waals surface area contributed by atoms with Gasteiger partial charge in [0, 0.05) is 24.0 Å². The van der Waals surface area contributed by atoms with Gasteiger partial charge in [-0.2, -0.15) is 23.6 Å². The van der Waals surface area contributed by atoms with E-state index in [9.17, 15) is 0 Å². The number of hydrogen-bond acceptors (Lipinski definition) is 0.